The molecule has 5 nitrogen and oxygen atoms in total. The maximum atomic E-state index is 12.1. The van der Waals surface area contributed by atoms with Gasteiger partial charge in [-0.2, -0.15) is 0 Å². The lowest BCUT2D eigenvalue weighted by atomic mass is 9.94. The number of carboxylic acids is 1. The van der Waals surface area contributed by atoms with Gasteiger partial charge in [0.05, 0.1) is 5.92 Å². The molecule has 0 aliphatic rings. The predicted octanol–water partition coefficient (Wildman–Crippen LogP) is 1.44. The Morgan fingerprint density at radius 1 is 1.11 bits per heavy atom. The van der Waals surface area contributed by atoms with Gasteiger partial charge in [0.2, 0.25) is 5.91 Å². The van der Waals surface area contributed by atoms with E-state index in [1.807, 2.05) is 19.0 Å². The second-order valence-corrected chi connectivity index (χ2v) is 6.01. The van der Waals surface area contributed by atoms with Crippen molar-refractivity contribution in [2.75, 3.05) is 20.6 Å². The SMILES string of the molecule is CC(C)CC(CN(C)C)NC(=O)C(C)C(C)C(=O)O. The smallest absolute Gasteiger partial charge is 0.307 e. The van der Waals surface area contributed by atoms with Crippen molar-refractivity contribution in [1.82, 2.24) is 10.2 Å². The first-order valence-electron chi connectivity index (χ1n) is 6.83. The van der Waals surface area contributed by atoms with Crippen LogP contribution >= 0.6 is 0 Å². The van der Waals surface area contributed by atoms with Gasteiger partial charge < -0.3 is 15.3 Å². The lowest BCUT2D eigenvalue weighted by Gasteiger charge is -2.26. The fourth-order valence-corrected chi connectivity index (χ4v) is 1.96. The topological polar surface area (TPSA) is 69.6 Å². The van der Waals surface area contributed by atoms with Gasteiger partial charge in [0.15, 0.2) is 0 Å². The monoisotopic (exact) mass is 272 g/mol. The summed E-state index contributed by atoms with van der Waals surface area (Å²) in [6.07, 6.45) is 0.887. The molecule has 3 atom stereocenters. The number of carbonyl (C=O) groups is 2. The van der Waals surface area contributed by atoms with Crippen LogP contribution in [0.5, 0.6) is 0 Å². The standard InChI is InChI=1S/C14H28N2O3/c1-9(2)7-12(8-16(5)6)15-13(17)10(3)11(4)14(18)19/h9-12H,7-8H2,1-6H3,(H,15,17)(H,18,19). The Morgan fingerprint density at radius 3 is 2.00 bits per heavy atom. The van der Waals surface area contributed by atoms with Crippen LogP contribution in [0.1, 0.15) is 34.1 Å². The summed E-state index contributed by atoms with van der Waals surface area (Å²) >= 11 is 0. The second-order valence-electron chi connectivity index (χ2n) is 6.01. The zero-order chi connectivity index (χ0) is 15.2. The fraction of sp³-hybridized carbons (Fsp3) is 0.857. The van der Waals surface area contributed by atoms with Gasteiger partial charge >= 0.3 is 5.97 Å². The maximum Gasteiger partial charge on any atom is 0.307 e. The minimum absolute atomic E-state index is 0.0611. The summed E-state index contributed by atoms with van der Waals surface area (Å²) in [5.74, 6) is -1.82. The predicted molar refractivity (Wildman–Crippen MR) is 75.9 cm³/mol. The first-order chi connectivity index (χ1) is 8.65. The fourth-order valence-electron chi connectivity index (χ4n) is 1.96. The molecule has 112 valence electrons. The van der Waals surface area contributed by atoms with Crippen molar-refractivity contribution in [3.05, 3.63) is 0 Å². The number of nitrogens with zero attached hydrogens (tertiary/aromatic N) is 1. The number of aliphatic carboxylic acids is 1. The Bertz CT molecular complexity index is 293. The van der Waals surface area contributed by atoms with Crippen molar-refractivity contribution in [2.24, 2.45) is 17.8 Å². The molecule has 0 heterocycles. The zero-order valence-electron chi connectivity index (χ0n) is 12.9. The van der Waals surface area contributed by atoms with Gasteiger partial charge in [-0.05, 0) is 26.4 Å². The van der Waals surface area contributed by atoms with E-state index in [0.29, 0.717) is 5.92 Å². The molecular weight excluding hydrogens is 244 g/mol. The Kier molecular flexibility index (Phi) is 7.68. The second kappa shape index (κ2) is 8.15. The van der Waals surface area contributed by atoms with Crippen LogP contribution in [0.3, 0.4) is 0 Å². The van der Waals surface area contributed by atoms with E-state index < -0.39 is 17.8 Å². The lowest BCUT2D eigenvalue weighted by molar-refractivity contribution is -0.146. The molecule has 0 aliphatic heterocycles. The highest BCUT2D eigenvalue weighted by Gasteiger charge is 2.27. The summed E-state index contributed by atoms with van der Waals surface area (Å²) in [5, 5.41) is 11.9. The van der Waals surface area contributed by atoms with E-state index in [1.54, 1.807) is 13.8 Å². The zero-order valence-corrected chi connectivity index (χ0v) is 12.9. The van der Waals surface area contributed by atoms with E-state index in [0.717, 1.165) is 13.0 Å². The van der Waals surface area contributed by atoms with Gasteiger partial charge in [-0.1, -0.05) is 27.7 Å². The highest BCUT2D eigenvalue weighted by atomic mass is 16.4. The van der Waals surface area contributed by atoms with Crippen LogP contribution in [0.4, 0.5) is 0 Å². The molecular formula is C14H28N2O3. The first kappa shape index (κ1) is 17.9. The molecule has 0 radical (unpaired) electrons. The number of hydrogen-bond donors (Lipinski definition) is 2. The van der Waals surface area contributed by atoms with E-state index in [2.05, 4.69) is 19.2 Å². The largest absolute Gasteiger partial charge is 0.481 e. The molecule has 0 aromatic carbocycles. The van der Waals surface area contributed by atoms with Crippen LogP contribution in [0.15, 0.2) is 0 Å². The molecule has 2 N–H and O–H groups in total. The summed E-state index contributed by atoms with van der Waals surface area (Å²) in [7, 11) is 3.92. The van der Waals surface area contributed by atoms with Gasteiger partial charge in [0.1, 0.15) is 0 Å². The molecule has 0 bridgehead atoms. The van der Waals surface area contributed by atoms with E-state index in [4.69, 9.17) is 5.11 Å². The van der Waals surface area contributed by atoms with Gasteiger partial charge in [-0.3, -0.25) is 9.59 Å². The molecule has 5 heteroatoms. The molecule has 0 saturated heterocycles. The van der Waals surface area contributed by atoms with Crippen molar-refractivity contribution < 1.29 is 14.7 Å². The molecule has 0 saturated carbocycles. The Balaban J connectivity index is 4.56. The Morgan fingerprint density at radius 2 is 1.63 bits per heavy atom. The highest BCUT2D eigenvalue weighted by molar-refractivity contribution is 5.84. The molecule has 0 fully saturated rings. The number of likely N-dealkylation sites (N-methyl/N-ethyl adjacent to an activating group) is 1. The van der Waals surface area contributed by atoms with Gasteiger partial charge in [-0.15, -0.1) is 0 Å². The summed E-state index contributed by atoms with van der Waals surface area (Å²) in [6.45, 7) is 8.21. The van der Waals surface area contributed by atoms with Crippen LogP contribution in [-0.4, -0.2) is 48.6 Å². The van der Waals surface area contributed by atoms with Crippen molar-refractivity contribution in [3.63, 3.8) is 0 Å². The number of amides is 1. The molecule has 0 aromatic rings. The Labute approximate surface area is 116 Å². The van der Waals surface area contributed by atoms with Crippen molar-refractivity contribution >= 4 is 11.9 Å². The highest BCUT2D eigenvalue weighted by Crippen LogP contribution is 2.13. The third-order valence-corrected chi connectivity index (χ3v) is 3.24. The maximum absolute atomic E-state index is 12.1. The van der Waals surface area contributed by atoms with E-state index >= 15 is 0 Å². The van der Waals surface area contributed by atoms with Gasteiger partial charge in [0, 0.05) is 18.5 Å². The molecule has 0 spiro atoms. The number of nitrogens with one attached hydrogen (secondary N) is 1. The molecule has 19 heavy (non-hydrogen) atoms. The van der Waals surface area contributed by atoms with Crippen LogP contribution in [-0.2, 0) is 9.59 Å². The minimum atomic E-state index is -0.935. The summed E-state index contributed by atoms with van der Waals surface area (Å²) < 4.78 is 0. The van der Waals surface area contributed by atoms with E-state index in [9.17, 15) is 9.59 Å². The average molecular weight is 272 g/mol. The Hall–Kier alpha value is -1.10. The van der Waals surface area contributed by atoms with Crippen molar-refractivity contribution in [2.45, 2.75) is 40.2 Å². The average Bonchev–Trinajstić information content (AvgIpc) is 2.24. The van der Waals surface area contributed by atoms with Crippen molar-refractivity contribution in [1.29, 1.82) is 0 Å². The van der Waals surface area contributed by atoms with Crippen molar-refractivity contribution in [3.8, 4) is 0 Å². The third kappa shape index (κ3) is 7.15. The molecule has 0 rings (SSSR count). The summed E-state index contributed by atoms with van der Waals surface area (Å²) in [4.78, 5) is 25.0. The minimum Gasteiger partial charge on any atom is -0.481 e. The number of carboxylic acid groups (broad SMARTS) is 1. The van der Waals surface area contributed by atoms with E-state index in [1.165, 1.54) is 0 Å². The quantitative estimate of drug-likeness (QED) is 0.701. The summed E-state index contributed by atoms with van der Waals surface area (Å²) in [5.41, 5.74) is 0. The van der Waals surface area contributed by atoms with Gasteiger partial charge in [0.25, 0.3) is 0 Å². The molecule has 1 amide bonds. The lowest BCUT2D eigenvalue weighted by Crippen LogP contribution is -2.46. The summed E-state index contributed by atoms with van der Waals surface area (Å²) in [6, 6.07) is 0.0611. The normalized spacial score (nSPS) is 16.2. The number of carbonyl (C=O) groups excluding carboxylic acids is 1. The van der Waals surface area contributed by atoms with Crippen LogP contribution in [0.25, 0.3) is 0 Å². The van der Waals surface area contributed by atoms with Crippen LogP contribution < -0.4 is 5.32 Å². The van der Waals surface area contributed by atoms with Gasteiger partial charge in [-0.25, -0.2) is 0 Å². The van der Waals surface area contributed by atoms with Crippen LogP contribution in [0.2, 0.25) is 0 Å². The molecule has 3 unspecified atom stereocenters. The molecule has 0 aliphatic carbocycles. The number of rotatable bonds is 8. The number of hydrogen-bond acceptors (Lipinski definition) is 3. The third-order valence-electron chi connectivity index (χ3n) is 3.24. The van der Waals surface area contributed by atoms with E-state index in [-0.39, 0.29) is 11.9 Å². The first-order valence-corrected chi connectivity index (χ1v) is 6.83. The molecule has 0 aromatic heterocycles. The van der Waals surface area contributed by atoms with Crippen LogP contribution in [0, 0.1) is 17.8 Å².